The van der Waals surface area contributed by atoms with Crippen LogP contribution in [0.3, 0.4) is 0 Å². The maximum Gasteiger partial charge on any atom is 0.243 e. The molecule has 0 atom stereocenters. The second kappa shape index (κ2) is 7.60. The predicted molar refractivity (Wildman–Crippen MR) is 84.5 cm³/mol. The summed E-state index contributed by atoms with van der Waals surface area (Å²) >= 11 is 0. The topological polar surface area (TPSA) is 57.6 Å². The van der Waals surface area contributed by atoms with E-state index in [2.05, 4.69) is 11.8 Å². The highest BCUT2D eigenvalue weighted by Crippen LogP contribution is 2.21. The van der Waals surface area contributed by atoms with Gasteiger partial charge in [-0.1, -0.05) is 18.8 Å². The van der Waals surface area contributed by atoms with Gasteiger partial charge in [0.15, 0.2) is 0 Å². The minimum absolute atomic E-state index is 0.0795. The Labute approximate surface area is 127 Å². The zero-order valence-electron chi connectivity index (χ0n) is 13.0. The Hall–Kier alpha value is -1.35. The smallest absolute Gasteiger partial charge is 0.243 e. The van der Waals surface area contributed by atoms with Crippen molar-refractivity contribution in [2.45, 2.75) is 45.1 Å². The molecular formula is C16H23NO3S. The minimum atomic E-state index is -3.49. The number of nitrogens with zero attached hydrogens (tertiary/aromatic N) is 1. The summed E-state index contributed by atoms with van der Waals surface area (Å²) in [5, 5.41) is 8.72. The van der Waals surface area contributed by atoms with Gasteiger partial charge in [0.25, 0.3) is 0 Å². The van der Waals surface area contributed by atoms with Gasteiger partial charge in [-0.15, -0.1) is 0 Å². The Morgan fingerprint density at radius 1 is 1.33 bits per heavy atom. The van der Waals surface area contributed by atoms with E-state index < -0.39 is 10.0 Å². The molecule has 0 bridgehead atoms. The van der Waals surface area contributed by atoms with Gasteiger partial charge < -0.3 is 5.11 Å². The normalized spacial score (nSPS) is 11.6. The van der Waals surface area contributed by atoms with Crippen LogP contribution >= 0.6 is 0 Å². The third kappa shape index (κ3) is 4.31. The highest BCUT2D eigenvalue weighted by atomic mass is 32.2. The molecule has 1 aromatic rings. The average molecular weight is 309 g/mol. The lowest BCUT2D eigenvalue weighted by Gasteiger charge is -2.25. The Morgan fingerprint density at radius 3 is 2.48 bits per heavy atom. The number of hydrogen-bond donors (Lipinski definition) is 1. The molecule has 116 valence electrons. The fraction of sp³-hybridized carbons (Fsp3) is 0.500. The van der Waals surface area contributed by atoms with Gasteiger partial charge >= 0.3 is 0 Å². The first-order valence-corrected chi connectivity index (χ1v) is 8.50. The lowest BCUT2D eigenvalue weighted by atomic mass is 10.1. The molecule has 0 radical (unpaired) electrons. The van der Waals surface area contributed by atoms with Crippen LogP contribution in [0.15, 0.2) is 23.1 Å². The summed E-state index contributed by atoms with van der Waals surface area (Å²) in [6, 6.07) is 4.83. The number of aryl methyl sites for hydroxylation is 1. The zero-order chi connectivity index (χ0) is 16.0. The standard InChI is InChI=1S/C16H23NO3S/c1-5-10-17(13(2)3)21(19,20)16-9-8-15(7-6-11-18)14(4)12-16/h8-9,12-13,18H,5,10-11H2,1-4H3. The molecule has 0 saturated heterocycles. The summed E-state index contributed by atoms with van der Waals surface area (Å²) in [5.74, 6) is 5.38. The number of aliphatic hydroxyl groups is 1. The molecule has 0 aliphatic heterocycles. The van der Waals surface area contributed by atoms with Crippen molar-refractivity contribution in [1.29, 1.82) is 0 Å². The minimum Gasteiger partial charge on any atom is -0.384 e. The van der Waals surface area contributed by atoms with Crippen molar-refractivity contribution in [2.24, 2.45) is 0 Å². The molecule has 21 heavy (non-hydrogen) atoms. The van der Waals surface area contributed by atoms with Crippen LogP contribution in [0.25, 0.3) is 0 Å². The predicted octanol–water partition coefficient (Wildman–Crippen LogP) is 2.15. The molecule has 1 rings (SSSR count). The van der Waals surface area contributed by atoms with E-state index in [9.17, 15) is 8.42 Å². The van der Waals surface area contributed by atoms with Gasteiger partial charge in [0.2, 0.25) is 10.0 Å². The SMILES string of the molecule is CCCN(C(C)C)S(=O)(=O)c1ccc(C#CCO)c(C)c1. The van der Waals surface area contributed by atoms with Crippen molar-refractivity contribution >= 4 is 10.0 Å². The van der Waals surface area contributed by atoms with Crippen LogP contribution < -0.4 is 0 Å². The van der Waals surface area contributed by atoms with E-state index in [1.165, 1.54) is 4.31 Å². The third-order valence-corrected chi connectivity index (χ3v) is 5.20. The van der Waals surface area contributed by atoms with Gasteiger partial charge in [-0.3, -0.25) is 0 Å². The molecule has 0 aliphatic rings. The number of sulfonamides is 1. The Bertz CT molecular complexity index is 639. The molecule has 0 heterocycles. The lowest BCUT2D eigenvalue weighted by Crippen LogP contribution is -2.37. The van der Waals surface area contributed by atoms with Crippen LogP contribution in [-0.4, -0.2) is 37.0 Å². The molecule has 0 aliphatic carbocycles. The van der Waals surface area contributed by atoms with E-state index in [1.807, 2.05) is 27.7 Å². The van der Waals surface area contributed by atoms with E-state index in [1.54, 1.807) is 18.2 Å². The van der Waals surface area contributed by atoms with E-state index in [-0.39, 0.29) is 17.5 Å². The molecule has 0 spiro atoms. The summed E-state index contributed by atoms with van der Waals surface area (Å²) in [5.41, 5.74) is 1.52. The average Bonchev–Trinajstić information content (AvgIpc) is 2.42. The number of rotatable bonds is 5. The van der Waals surface area contributed by atoms with Crippen molar-refractivity contribution in [2.75, 3.05) is 13.2 Å². The first kappa shape index (κ1) is 17.7. The summed E-state index contributed by atoms with van der Waals surface area (Å²) in [4.78, 5) is 0.289. The van der Waals surface area contributed by atoms with Gasteiger partial charge in [0, 0.05) is 18.2 Å². The summed E-state index contributed by atoms with van der Waals surface area (Å²) in [6.45, 7) is 7.83. The van der Waals surface area contributed by atoms with Crippen LogP contribution in [0.1, 0.15) is 38.3 Å². The largest absolute Gasteiger partial charge is 0.384 e. The van der Waals surface area contributed by atoms with Crippen molar-refractivity contribution in [3.05, 3.63) is 29.3 Å². The van der Waals surface area contributed by atoms with Crippen LogP contribution in [0.2, 0.25) is 0 Å². The van der Waals surface area contributed by atoms with Crippen molar-refractivity contribution in [3.8, 4) is 11.8 Å². The van der Waals surface area contributed by atoms with Crippen LogP contribution in [0, 0.1) is 18.8 Å². The van der Waals surface area contributed by atoms with E-state index >= 15 is 0 Å². The third-order valence-electron chi connectivity index (χ3n) is 3.13. The first-order valence-electron chi connectivity index (χ1n) is 7.06. The summed E-state index contributed by atoms with van der Waals surface area (Å²) < 4.78 is 26.9. The van der Waals surface area contributed by atoms with Crippen LogP contribution in [0.4, 0.5) is 0 Å². The second-order valence-corrected chi connectivity index (χ2v) is 7.04. The van der Waals surface area contributed by atoms with Gasteiger partial charge in [-0.05, 0) is 51.0 Å². The fourth-order valence-electron chi connectivity index (χ4n) is 2.08. The molecule has 0 aromatic heterocycles. The van der Waals surface area contributed by atoms with Gasteiger partial charge in [0.1, 0.15) is 6.61 Å². The first-order chi connectivity index (χ1) is 9.84. The van der Waals surface area contributed by atoms with Crippen molar-refractivity contribution in [1.82, 2.24) is 4.31 Å². The molecule has 4 nitrogen and oxygen atoms in total. The lowest BCUT2D eigenvalue weighted by molar-refractivity contribution is 0.350. The fourth-order valence-corrected chi connectivity index (χ4v) is 3.90. The Kier molecular flexibility index (Phi) is 6.41. The highest BCUT2D eigenvalue weighted by Gasteiger charge is 2.26. The quantitative estimate of drug-likeness (QED) is 0.848. The second-order valence-electron chi connectivity index (χ2n) is 5.15. The van der Waals surface area contributed by atoms with Gasteiger partial charge in [-0.2, -0.15) is 4.31 Å². The zero-order valence-corrected chi connectivity index (χ0v) is 13.9. The maximum atomic E-state index is 12.7. The van der Waals surface area contributed by atoms with Crippen molar-refractivity contribution < 1.29 is 13.5 Å². The highest BCUT2D eigenvalue weighted by molar-refractivity contribution is 7.89. The van der Waals surface area contributed by atoms with E-state index in [0.717, 1.165) is 17.5 Å². The van der Waals surface area contributed by atoms with E-state index in [0.29, 0.717) is 6.54 Å². The molecule has 0 unspecified atom stereocenters. The van der Waals surface area contributed by atoms with Crippen LogP contribution in [0.5, 0.6) is 0 Å². The Morgan fingerprint density at radius 2 is 2.00 bits per heavy atom. The number of aliphatic hydroxyl groups excluding tert-OH is 1. The molecule has 0 saturated carbocycles. The summed E-state index contributed by atoms with van der Waals surface area (Å²) in [7, 11) is -3.49. The monoisotopic (exact) mass is 309 g/mol. The van der Waals surface area contributed by atoms with Crippen LogP contribution in [-0.2, 0) is 10.0 Å². The number of benzene rings is 1. The molecule has 5 heteroatoms. The number of hydrogen-bond acceptors (Lipinski definition) is 3. The van der Waals surface area contributed by atoms with Gasteiger partial charge in [0.05, 0.1) is 4.90 Å². The summed E-state index contributed by atoms with van der Waals surface area (Å²) in [6.07, 6.45) is 0.774. The van der Waals surface area contributed by atoms with E-state index in [4.69, 9.17) is 5.11 Å². The van der Waals surface area contributed by atoms with Gasteiger partial charge in [-0.25, -0.2) is 8.42 Å². The molecule has 1 N–H and O–H groups in total. The van der Waals surface area contributed by atoms with Crippen molar-refractivity contribution in [3.63, 3.8) is 0 Å². The molecule has 1 aromatic carbocycles. The molecule has 0 amide bonds. The maximum absolute atomic E-state index is 12.7. The Balaban J connectivity index is 3.23. The molecule has 0 fully saturated rings. The molecular weight excluding hydrogens is 286 g/mol.